The van der Waals surface area contributed by atoms with E-state index in [1.165, 1.54) is 23.9 Å². The number of rotatable bonds is 4. The summed E-state index contributed by atoms with van der Waals surface area (Å²) in [6.45, 7) is -2.16. The number of halogens is 2. The first-order valence-electron chi connectivity index (χ1n) is 5.64. The van der Waals surface area contributed by atoms with E-state index < -0.39 is 6.61 Å². The van der Waals surface area contributed by atoms with Crippen LogP contribution in [0.4, 0.5) is 8.78 Å². The van der Waals surface area contributed by atoms with E-state index in [-0.39, 0.29) is 18.1 Å². The molecule has 0 bridgehead atoms. The van der Waals surface area contributed by atoms with Crippen LogP contribution < -0.4 is 10.1 Å². The van der Waals surface area contributed by atoms with Crippen molar-refractivity contribution in [1.29, 1.82) is 0 Å². The Kier molecular flexibility index (Phi) is 4.73. The van der Waals surface area contributed by atoms with Gasteiger partial charge in [-0.3, -0.25) is 9.79 Å². The van der Waals surface area contributed by atoms with Crippen molar-refractivity contribution in [3.05, 3.63) is 29.8 Å². The minimum Gasteiger partial charge on any atom is -0.435 e. The molecule has 2 rings (SSSR count). The second-order valence-electron chi connectivity index (χ2n) is 3.79. The molecule has 0 unspecified atom stereocenters. The first kappa shape index (κ1) is 13.8. The number of benzene rings is 1. The lowest BCUT2D eigenvalue weighted by Gasteiger charge is -2.07. The molecular formula is C12H12F2N2O2S. The van der Waals surface area contributed by atoms with E-state index in [9.17, 15) is 13.6 Å². The van der Waals surface area contributed by atoms with E-state index in [1.54, 1.807) is 12.1 Å². The van der Waals surface area contributed by atoms with Crippen LogP contribution in [0, 0.1) is 0 Å². The van der Waals surface area contributed by atoms with Gasteiger partial charge < -0.3 is 10.1 Å². The highest BCUT2D eigenvalue weighted by Crippen LogP contribution is 2.16. The monoisotopic (exact) mass is 286 g/mol. The molecular weight excluding hydrogens is 274 g/mol. The molecule has 1 N–H and O–H groups in total. The molecule has 19 heavy (non-hydrogen) atoms. The SMILES string of the molecule is O=C(Cc1cccc(OC(F)F)c1)NC1=NCCS1. The molecule has 0 saturated heterocycles. The van der Waals surface area contributed by atoms with Crippen LogP contribution in [0.15, 0.2) is 29.3 Å². The van der Waals surface area contributed by atoms with Gasteiger partial charge in [0.2, 0.25) is 5.91 Å². The van der Waals surface area contributed by atoms with Crippen molar-refractivity contribution in [2.45, 2.75) is 13.0 Å². The van der Waals surface area contributed by atoms with Crippen molar-refractivity contribution in [1.82, 2.24) is 5.32 Å². The molecule has 1 aliphatic heterocycles. The van der Waals surface area contributed by atoms with Gasteiger partial charge in [-0.25, -0.2) is 0 Å². The smallest absolute Gasteiger partial charge is 0.387 e. The zero-order valence-electron chi connectivity index (χ0n) is 9.94. The van der Waals surface area contributed by atoms with E-state index in [0.29, 0.717) is 17.3 Å². The largest absolute Gasteiger partial charge is 0.435 e. The molecule has 0 aromatic heterocycles. The summed E-state index contributed by atoms with van der Waals surface area (Å²) in [5.74, 6) is 0.697. The maximum Gasteiger partial charge on any atom is 0.387 e. The zero-order valence-corrected chi connectivity index (χ0v) is 10.8. The van der Waals surface area contributed by atoms with Gasteiger partial charge in [0.25, 0.3) is 0 Å². The van der Waals surface area contributed by atoms with E-state index >= 15 is 0 Å². The second kappa shape index (κ2) is 6.51. The molecule has 1 aliphatic rings. The number of carbonyl (C=O) groups excluding carboxylic acids is 1. The third-order valence-corrected chi connectivity index (χ3v) is 3.21. The van der Waals surface area contributed by atoms with Crippen molar-refractivity contribution < 1.29 is 18.3 Å². The molecule has 0 spiro atoms. The summed E-state index contributed by atoms with van der Waals surface area (Å²) >= 11 is 1.49. The number of hydrogen-bond donors (Lipinski definition) is 1. The maximum atomic E-state index is 12.1. The first-order chi connectivity index (χ1) is 9.13. The molecule has 0 fully saturated rings. The highest BCUT2D eigenvalue weighted by Gasteiger charge is 2.12. The van der Waals surface area contributed by atoms with Crippen molar-refractivity contribution in [3.8, 4) is 5.75 Å². The van der Waals surface area contributed by atoms with Crippen molar-refractivity contribution >= 4 is 22.8 Å². The summed E-state index contributed by atoms with van der Waals surface area (Å²) < 4.78 is 28.4. The fraction of sp³-hybridized carbons (Fsp3) is 0.333. The Hall–Kier alpha value is -1.63. The number of alkyl halides is 2. The van der Waals surface area contributed by atoms with Gasteiger partial charge in [0.15, 0.2) is 5.17 Å². The van der Waals surface area contributed by atoms with Crippen LogP contribution in [0.5, 0.6) is 5.75 Å². The Balaban J connectivity index is 1.92. The third-order valence-electron chi connectivity index (χ3n) is 2.32. The number of hydrogen-bond acceptors (Lipinski definition) is 4. The molecule has 0 atom stereocenters. The van der Waals surface area contributed by atoms with Gasteiger partial charge in [0.05, 0.1) is 13.0 Å². The fourth-order valence-electron chi connectivity index (χ4n) is 1.59. The molecule has 1 heterocycles. The van der Waals surface area contributed by atoms with Gasteiger partial charge in [-0.2, -0.15) is 8.78 Å². The number of nitrogens with one attached hydrogen (secondary N) is 1. The third kappa shape index (κ3) is 4.51. The Bertz CT molecular complexity index is 494. The summed E-state index contributed by atoms with van der Waals surface area (Å²) in [6.07, 6.45) is 0.0972. The number of thioether (sulfide) groups is 1. The van der Waals surface area contributed by atoms with Crippen molar-refractivity contribution in [2.24, 2.45) is 4.99 Å². The van der Waals surface area contributed by atoms with E-state index in [2.05, 4.69) is 15.0 Å². The number of nitrogens with zero attached hydrogens (tertiary/aromatic N) is 1. The summed E-state index contributed by atoms with van der Waals surface area (Å²) in [7, 11) is 0. The van der Waals surface area contributed by atoms with E-state index in [4.69, 9.17) is 0 Å². The molecule has 1 aromatic rings. The van der Waals surface area contributed by atoms with Crippen molar-refractivity contribution in [3.63, 3.8) is 0 Å². The maximum absolute atomic E-state index is 12.1. The lowest BCUT2D eigenvalue weighted by molar-refractivity contribution is -0.119. The summed E-state index contributed by atoms with van der Waals surface area (Å²) in [5, 5.41) is 3.29. The standard InChI is InChI=1S/C12H12F2N2O2S/c13-11(14)18-9-3-1-2-8(6-9)7-10(17)16-12-15-4-5-19-12/h1-3,6,11H,4-5,7H2,(H,15,16,17). The van der Waals surface area contributed by atoms with Crippen LogP contribution in [0.3, 0.4) is 0 Å². The lowest BCUT2D eigenvalue weighted by Crippen LogP contribution is -2.28. The Labute approximate surface area is 113 Å². The Morgan fingerprint density at radius 3 is 3.05 bits per heavy atom. The zero-order chi connectivity index (χ0) is 13.7. The van der Waals surface area contributed by atoms with Crippen LogP contribution in [0.25, 0.3) is 0 Å². The van der Waals surface area contributed by atoms with Crippen LogP contribution in [-0.2, 0) is 11.2 Å². The van der Waals surface area contributed by atoms with E-state index in [0.717, 1.165) is 5.75 Å². The van der Waals surface area contributed by atoms with Gasteiger partial charge in [-0.15, -0.1) is 0 Å². The van der Waals surface area contributed by atoms with Crippen LogP contribution in [0.2, 0.25) is 0 Å². The number of aliphatic imine (C=N–C) groups is 1. The summed E-state index contributed by atoms with van der Waals surface area (Å²) in [5.41, 5.74) is 0.610. The first-order valence-corrected chi connectivity index (χ1v) is 6.63. The number of ether oxygens (including phenoxy) is 1. The van der Waals surface area contributed by atoms with Gasteiger partial charge in [0, 0.05) is 5.75 Å². The molecule has 0 saturated carbocycles. The van der Waals surface area contributed by atoms with Crippen LogP contribution in [0.1, 0.15) is 5.56 Å². The van der Waals surface area contributed by atoms with E-state index in [1.807, 2.05) is 0 Å². The van der Waals surface area contributed by atoms with Gasteiger partial charge >= 0.3 is 6.61 Å². The predicted octanol–water partition coefficient (Wildman–Crippen LogP) is 2.05. The van der Waals surface area contributed by atoms with Crippen LogP contribution >= 0.6 is 11.8 Å². The lowest BCUT2D eigenvalue weighted by atomic mass is 10.1. The fourth-order valence-corrected chi connectivity index (χ4v) is 2.34. The van der Waals surface area contributed by atoms with Crippen LogP contribution in [-0.4, -0.2) is 30.0 Å². The number of amidine groups is 1. The average molecular weight is 286 g/mol. The molecule has 0 aliphatic carbocycles. The topological polar surface area (TPSA) is 50.7 Å². The molecule has 102 valence electrons. The summed E-state index contributed by atoms with van der Waals surface area (Å²) in [4.78, 5) is 15.8. The minimum atomic E-state index is -2.87. The minimum absolute atomic E-state index is 0.0490. The van der Waals surface area contributed by atoms with Gasteiger partial charge in [-0.05, 0) is 17.7 Å². The molecule has 1 aromatic carbocycles. The molecule has 0 radical (unpaired) electrons. The Morgan fingerprint density at radius 2 is 2.37 bits per heavy atom. The highest BCUT2D eigenvalue weighted by atomic mass is 32.2. The highest BCUT2D eigenvalue weighted by molar-refractivity contribution is 8.14. The van der Waals surface area contributed by atoms with Crippen molar-refractivity contribution in [2.75, 3.05) is 12.3 Å². The molecule has 1 amide bonds. The quantitative estimate of drug-likeness (QED) is 0.921. The Morgan fingerprint density at radius 1 is 1.53 bits per heavy atom. The summed E-state index contributed by atoms with van der Waals surface area (Å²) in [6, 6.07) is 6.10. The second-order valence-corrected chi connectivity index (χ2v) is 4.87. The number of carbonyl (C=O) groups is 1. The molecule has 4 nitrogen and oxygen atoms in total. The number of amides is 1. The van der Waals surface area contributed by atoms with Gasteiger partial charge in [-0.1, -0.05) is 23.9 Å². The molecule has 7 heteroatoms. The normalized spacial score (nSPS) is 14.4. The predicted molar refractivity (Wildman–Crippen MR) is 69.7 cm³/mol. The van der Waals surface area contributed by atoms with Gasteiger partial charge in [0.1, 0.15) is 5.75 Å². The average Bonchev–Trinajstić information content (AvgIpc) is 2.81.